The summed E-state index contributed by atoms with van der Waals surface area (Å²) < 4.78 is 0. The van der Waals surface area contributed by atoms with Crippen LogP contribution < -0.4 is 5.32 Å². The van der Waals surface area contributed by atoms with E-state index in [2.05, 4.69) is 5.32 Å². The third-order valence-electron chi connectivity index (χ3n) is 5.03. The maximum absolute atomic E-state index is 12.9. The number of rotatable bonds is 6. The summed E-state index contributed by atoms with van der Waals surface area (Å²) in [5.41, 5.74) is 1.25. The number of likely N-dealkylation sites (N-methyl/N-ethyl adjacent to an activating group) is 1. The van der Waals surface area contributed by atoms with E-state index in [1.807, 2.05) is 18.9 Å². The second-order valence-electron chi connectivity index (χ2n) is 6.73. The van der Waals surface area contributed by atoms with Gasteiger partial charge in [-0.15, -0.1) is 0 Å². The summed E-state index contributed by atoms with van der Waals surface area (Å²) in [5.74, 6) is -0.592. The fraction of sp³-hybridized carbons (Fsp3) is 0.526. The number of likely N-dealkylation sites (tertiary alicyclic amines) is 1. The lowest BCUT2D eigenvalue weighted by atomic mass is 10.0. The molecule has 0 aromatic heterocycles. The molecule has 0 spiro atoms. The first-order valence-corrected chi connectivity index (χ1v) is 9.04. The number of fused-ring (bicyclic) bond motifs is 1. The third kappa shape index (κ3) is 3.18. The lowest BCUT2D eigenvalue weighted by Gasteiger charge is -2.24. The average Bonchev–Trinajstić information content (AvgIpc) is 3.17. The molecule has 6 heteroatoms. The highest BCUT2D eigenvalue weighted by atomic mass is 16.2. The van der Waals surface area contributed by atoms with Crippen LogP contribution in [0.3, 0.4) is 0 Å². The van der Waals surface area contributed by atoms with Gasteiger partial charge in [-0.25, -0.2) is 0 Å². The summed E-state index contributed by atoms with van der Waals surface area (Å²) in [5, 5.41) is 3.13. The number of carbonyl (C=O) groups excluding carboxylic acids is 3. The molecule has 3 rings (SSSR count). The molecule has 0 bridgehead atoms. The van der Waals surface area contributed by atoms with E-state index in [1.165, 1.54) is 4.90 Å². The van der Waals surface area contributed by atoms with Crippen LogP contribution in [0.5, 0.6) is 0 Å². The van der Waals surface area contributed by atoms with E-state index in [1.54, 1.807) is 18.2 Å². The minimum Gasteiger partial charge on any atom is -0.334 e. The molecule has 1 atom stereocenters. The largest absolute Gasteiger partial charge is 0.334 e. The Hall–Kier alpha value is -2.21. The van der Waals surface area contributed by atoms with E-state index in [0.29, 0.717) is 23.2 Å². The SMILES string of the molecule is CCCCN1C(=O)c2ccc(C(=O)N3CCCC3CNC)cc2C1=O. The van der Waals surface area contributed by atoms with E-state index < -0.39 is 0 Å². The van der Waals surface area contributed by atoms with Crippen LogP contribution in [0.2, 0.25) is 0 Å². The molecule has 25 heavy (non-hydrogen) atoms. The van der Waals surface area contributed by atoms with Crippen LogP contribution >= 0.6 is 0 Å². The van der Waals surface area contributed by atoms with Crippen LogP contribution in [0.4, 0.5) is 0 Å². The number of amides is 3. The van der Waals surface area contributed by atoms with Crippen molar-refractivity contribution >= 4 is 17.7 Å². The topological polar surface area (TPSA) is 69.7 Å². The second-order valence-corrected chi connectivity index (χ2v) is 6.73. The Labute approximate surface area is 148 Å². The molecular weight excluding hydrogens is 318 g/mol. The van der Waals surface area contributed by atoms with Crippen LogP contribution in [-0.4, -0.2) is 60.2 Å². The fourth-order valence-electron chi connectivity index (χ4n) is 3.66. The maximum Gasteiger partial charge on any atom is 0.261 e. The maximum atomic E-state index is 12.9. The van der Waals surface area contributed by atoms with Crippen molar-refractivity contribution in [3.05, 3.63) is 34.9 Å². The molecule has 1 fully saturated rings. The van der Waals surface area contributed by atoms with E-state index in [9.17, 15) is 14.4 Å². The van der Waals surface area contributed by atoms with Crippen molar-refractivity contribution in [1.82, 2.24) is 15.1 Å². The van der Waals surface area contributed by atoms with Gasteiger partial charge >= 0.3 is 0 Å². The molecule has 2 aliphatic rings. The number of nitrogens with zero attached hydrogens (tertiary/aromatic N) is 2. The number of imide groups is 1. The van der Waals surface area contributed by atoms with Crippen LogP contribution in [0.15, 0.2) is 18.2 Å². The summed E-state index contributed by atoms with van der Waals surface area (Å²) in [7, 11) is 1.88. The monoisotopic (exact) mass is 343 g/mol. The Balaban J connectivity index is 1.83. The average molecular weight is 343 g/mol. The normalized spacial score (nSPS) is 19.7. The molecule has 1 unspecified atom stereocenters. The molecule has 3 amide bonds. The zero-order valence-electron chi connectivity index (χ0n) is 14.9. The lowest BCUT2D eigenvalue weighted by Crippen LogP contribution is -2.40. The van der Waals surface area contributed by atoms with Gasteiger partial charge in [0.2, 0.25) is 0 Å². The predicted molar refractivity (Wildman–Crippen MR) is 94.7 cm³/mol. The summed E-state index contributed by atoms with van der Waals surface area (Å²) in [4.78, 5) is 41.0. The smallest absolute Gasteiger partial charge is 0.261 e. The highest BCUT2D eigenvalue weighted by molar-refractivity contribution is 6.22. The predicted octanol–water partition coefficient (Wildman–Crippen LogP) is 1.91. The minimum absolute atomic E-state index is 0.0622. The van der Waals surface area contributed by atoms with Gasteiger partial charge in [0.15, 0.2) is 0 Å². The Morgan fingerprint density at radius 2 is 2.00 bits per heavy atom. The van der Waals surface area contributed by atoms with Crippen molar-refractivity contribution in [2.24, 2.45) is 0 Å². The summed E-state index contributed by atoms with van der Waals surface area (Å²) in [6.07, 6.45) is 3.68. The van der Waals surface area contributed by atoms with E-state index in [-0.39, 0.29) is 23.8 Å². The molecule has 2 aliphatic heterocycles. The molecule has 0 aliphatic carbocycles. The van der Waals surface area contributed by atoms with Crippen molar-refractivity contribution in [2.75, 3.05) is 26.7 Å². The first-order chi connectivity index (χ1) is 12.1. The summed E-state index contributed by atoms with van der Waals surface area (Å²) >= 11 is 0. The molecule has 1 aromatic rings. The molecule has 1 saturated heterocycles. The minimum atomic E-state index is -0.281. The Kier molecular flexibility index (Phi) is 5.18. The van der Waals surface area contributed by atoms with E-state index in [4.69, 9.17) is 0 Å². The van der Waals surface area contributed by atoms with Gasteiger partial charge in [-0.2, -0.15) is 0 Å². The number of nitrogens with one attached hydrogen (secondary N) is 1. The van der Waals surface area contributed by atoms with Crippen molar-refractivity contribution in [3.8, 4) is 0 Å². The van der Waals surface area contributed by atoms with E-state index in [0.717, 1.165) is 38.8 Å². The Bertz CT molecular complexity index is 701. The molecule has 1 N–H and O–H groups in total. The number of benzene rings is 1. The van der Waals surface area contributed by atoms with Gasteiger partial charge in [0, 0.05) is 31.2 Å². The highest BCUT2D eigenvalue weighted by Gasteiger charge is 2.36. The van der Waals surface area contributed by atoms with Gasteiger partial charge in [0.1, 0.15) is 0 Å². The van der Waals surface area contributed by atoms with Gasteiger partial charge in [-0.05, 0) is 44.5 Å². The van der Waals surface area contributed by atoms with Crippen LogP contribution in [0.25, 0.3) is 0 Å². The fourth-order valence-corrected chi connectivity index (χ4v) is 3.66. The highest BCUT2D eigenvalue weighted by Crippen LogP contribution is 2.26. The number of carbonyl (C=O) groups is 3. The Morgan fingerprint density at radius 1 is 1.24 bits per heavy atom. The zero-order valence-corrected chi connectivity index (χ0v) is 14.9. The first kappa shape index (κ1) is 17.6. The lowest BCUT2D eigenvalue weighted by molar-refractivity contribution is 0.0651. The van der Waals surface area contributed by atoms with Crippen molar-refractivity contribution in [2.45, 2.75) is 38.6 Å². The van der Waals surface area contributed by atoms with Crippen molar-refractivity contribution in [1.29, 1.82) is 0 Å². The van der Waals surface area contributed by atoms with Crippen LogP contribution in [-0.2, 0) is 0 Å². The van der Waals surface area contributed by atoms with Gasteiger partial charge in [-0.1, -0.05) is 13.3 Å². The van der Waals surface area contributed by atoms with E-state index >= 15 is 0 Å². The number of hydrogen-bond acceptors (Lipinski definition) is 4. The standard InChI is InChI=1S/C19H25N3O3/c1-3-4-9-22-18(24)15-8-7-13(11-16(15)19(22)25)17(23)21-10-5-6-14(21)12-20-2/h7-8,11,14,20H,3-6,9-10,12H2,1-2H3. The quantitative estimate of drug-likeness (QED) is 0.801. The molecular formula is C19H25N3O3. The van der Waals surface area contributed by atoms with Crippen LogP contribution in [0.1, 0.15) is 63.7 Å². The molecule has 2 heterocycles. The van der Waals surface area contributed by atoms with Crippen LogP contribution in [0, 0.1) is 0 Å². The third-order valence-corrected chi connectivity index (χ3v) is 5.03. The van der Waals surface area contributed by atoms with Crippen molar-refractivity contribution < 1.29 is 14.4 Å². The van der Waals surface area contributed by atoms with Gasteiger partial charge < -0.3 is 10.2 Å². The second kappa shape index (κ2) is 7.35. The number of hydrogen-bond donors (Lipinski definition) is 1. The van der Waals surface area contributed by atoms with Gasteiger partial charge in [0.05, 0.1) is 11.1 Å². The Morgan fingerprint density at radius 3 is 2.72 bits per heavy atom. The van der Waals surface area contributed by atoms with Gasteiger partial charge in [0.25, 0.3) is 17.7 Å². The first-order valence-electron chi connectivity index (χ1n) is 9.04. The molecule has 6 nitrogen and oxygen atoms in total. The number of unbranched alkanes of at least 4 members (excludes halogenated alkanes) is 1. The zero-order chi connectivity index (χ0) is 18.0. The molecule has 1 aromatic carbocycles. The molecule has 0 radical (unpaired) electrons. The molecule has 134 valence electrons. The molecule has 0 saturated carbocycles. The van der Waals surface area contributed by atoms with Gasteiger partial charge in [-0.3, -0.25) is 19.3 Å². The van der Waals surface area contributed by atoms with Crippen molar-refractivity contribution in [3.63, 3.8) is 0 Å². The summed E-state index contributed by atoms with van der Waals surface area (Å²) in [6, 6.07) is 5.07. The summed E-state index contributed by atoms with van der Waals surface area (Å²) in [6.45, 7) is 3.95.